The minimum atomic E-state index is -4.68. The number of alkyl halides is 3. The van der Waals surface area contributed by atoms with Crippen molar-refractivity contribution in [2.24, 2.45) is 4.99 Å². The number of aromatic nitrogens is 2. The summed E-state index contributed by atoms with van der Waals surface area (Å²) in [5, 5.41) is 13.0. The fraction of sp³-hybridized carbons (Fsp3) is 0.389. The molecule has 1 aliphatic rings. The first-order valence-corrected chi connectivity index (χ1v) is 11.4. The van der Waals surface area contributed by atoms with E-state index in [1.165, 1.54) is 6.34 Å². The zero-order valence-corrected chi connectivity index (χ0v) is 18.8. The first kappa shape index (κ1) is 23.4. The molecular formula is C18H16Cl2F3N5O2S. The second kappa shape index (κ2) is 7.69. The smallest absolute Gasteiger partial charge is 0.369 e. The fourth-order valence-electron chi connectivity index (χ4n) is 3.20. The summed E-state index contributed by atoms with van der Waals surface area (Å²) >= 11 is 12.3. The number of hydrogen-bond acceptors (Lipinski definition) is 5. The molecule has 31 heavy (non-hydrogen) atoms. The van der Waals surface area contributed by atoms with Gasteiger partial charge < -0.3 is 4.90 Å². The molecule has 1 fully saturated rings. The molecule has 166 valence electrons. The van der Waals surface area contributed by atoms with Crippen molar-refractivity contribution in [1.82, 2.24) is 14.7 Å². The van der Waals surface area contributed by atoms with Gasteiger partial charge in [0, 0.05) is 20.4 Å². The topological polar surface area (TPSA) is 91.3 Å². The van der Waals surface area contributed by atoms with Crippen LogP contribution < -0.4 is 0 Å². The maximum atomic E-state index is 13.1. The van der Waals surface area contributed by atoms with Crippen molar-refractivity contribution in [2.45, 2.75) is 23.8 Å². The summed E-state index contributed by atoms with van der Waals surface area (Å²) in [7, 11) is -0.333. The Morgan fingerprint density at radius 3 is 2.23 bits per heavy atom. The van der Waals surface area contributed by atoms with Crippen LogP contribution in [-0.4, -0.2) is 49.8 Å². The maximum absolute atomic E-state index is 13.1. The van der Waals surface area contributed by atoms with Crippen LogP contribution in [0.3, 0.4) is 0 Å². The summed E-state index contributed by atoms with van der Waals surface area (Å²) in [5.74, 6) is -0.0447. The zero-order valence-electron chi connectivity index (χ0n) is 16.5. The third-order valence-corrected chi connectivity index (χ3v) is 7.41. The first-order chi connectivity index (χ1) is 14.2. The normalized spacial score (nSPS) is 15.8. The fourth-order valence-corrected chi connectivity index (χ4v) is 5.25. The Kier molecular flexibility index (Phi) is 5.80. The average Bonchev–Trinajstić information content (AvgIpc) is 3.35. The van der Waals surface area contributed by atoms with Gasteiger partial charge in [-0.05, 0) is 25.0 Å². The standard InChI is InChI=1S/C18H16Cl2F3N5O2S/c1-27(2)9-25-16-14(17(4-5-17)31(3,29)30)13(8-24)26-28(16)15-11(19)6-10(7-12(15)20)18(21,22)23/h6-7,9H,4-5H2,1-3H3/b25-9-. The lowest BCUT2D eigenvalue weighted by atomic mass is 10.1. The van der Waals surface area contributed by atoms with E-state index in [2.05, 4.69) is 10.1 Å². The van der Waals surface area contributed by atoms with E-state index in [-0.39, 0.29) is 45.6 Å². The molecule has 0 amide bonds. The lowest BCUT2D eigenvalue weighted by molar-refractivity contribution is -0.137. The largest absolute Gasteiger partial charge is 0.416 e. The van der Waals surface area contributed by atoms with Crippen molar-refractivity contribution in [3.63, 3.8) is 0 Å². The van der Waals surface area contributed by atoms with Crippen LogP contribution in [0.1, 0.15) is 29.7 Å². The minimum absolute atomic E-state index is 0.0447. The minimum Gasteiger partial charge on any atom is -0.369 e. The monoisotopic (exact) mass is 493 g/mol. The van der Waals surface area contributed by atoms with Crippen molar-refractivity contribution in [3.05, 3.63) is 39.0 Å². The van der Waals surface area contributed by atoms with Gasteiger partial charge in [-0.2, -0.15) is 23.5 Å². The summed E-state index contributed by atoms with van der Waals surface area (Å²) in [6.07, 6.45) is -1.77. The third kappa shape index (κ3) is 4.12. The predicted molar refractivity (Wildman–Crippen MR) is 111 cm³/mol. The van der Waals surface area contributed by atoms with E-state index in [4.69, 9.17) is 23.2 Å². The molecule has 0 bridgehead atoms. The van der Waals surface area contributed by atoms with E-state index in [1.807, 2.05) is 6.07 Å². The van der Waals surface area contributed by atoms with E-state index in [1.54, 1.807) is 19.0 Å². The molecular weight excluding hydrogens is 478 g/mol. The number of aliphatic imine (C=N–C) groups is 1. The second-order valence-corrected chi connectivity index (χ2v) is 10.5. The Balaban J connectivity index is 2.37. The third-order valence-electron chi connectivity index (χ3n) is 4.80. The summed E-state index contributed by atoms with van der Waals surface area (Å²) in [6.45, 7) is 0. The van der Waals surface area contributed by atoms with Gasteiger partial charge in [0.2, 0.25) is 0 Å². The van der Waals surface area contributed by atoms with E-state index in [9.17, 15) is 26.9 Å². The Labute approximate surface area is 186 Å². The predicted octanol–water partition coefficient (Wildman–Crippen LogP) is 4.32. The highest BCUT2D eigenvalue weighted by molar-refractivity contribution is 7.92. The highest BCUT2D eigenvalue weighted by atomic mass is 35.5. The molecule has 1 aliphatic carbocycles. The lowest BCUT2D eigenvalue weighted by Gasteiger charge is -2.16. The lowest BCUT2D eigenvalue weighted by Crippen LogP contribution is -2.20. The second-order valence-electron chi connectivity index (χ2n) is 7.33. The SMILES string of the molecule is CN(C)/C=N\c1c(C2(S(C)(=O)=O)CC2)c(C#N)nn1-c1c(Cl)cc(C(F)(F)F)cc1Cl. The molecule has 1 heterocycles. The average molecular weight is 494 g/mol. The zero-order chi connectivity index (χ0) is 23.4. The molecule has 0 N–H and O–H groups in total. The van der Waals surface area contributed by atoms with Gasteiger partial charge in [0.15, 0.2) is 21.3 Å². The first-order valence-electron chi connectivity index (χ1n) is 8.73. The van der Waals surface area contributed by atoms with E-state index >= 15 is 0 Å². The number of sulfone groups is 1. The number of nitrogens with zero attached hydrogens (tertiary/aromatic N) is 5. The van der Waals surface area contributed by atoms with Crippen LogP contribution in [0, 0.1) is 11.3 Å². The van der Waals surface area contributed by atoms with E-state index in [0.717, 1.165) is 10.9 Å². The summed E-state index contributed by atoms with van der Waals surface area (Å²) in [6, 6.07) is 3.22. The molecule has 1 saturated carbocycles. The van der Waals surface area contributed by atoms with Crippen LogP contribution in [0.25, 0.3) is 5.69 Å². The highest BCUT2D eigenvalue weighted by Crippen LogP contribution is 2.56. The summed E-state index contributed by atoms with van der Waals surface area (Å²) in [4.78, 5) is 5.83. The van der Waals surface area contributed by atoms with Crippen molar-refractivity contribution in [1.29, 1.82) is 5.26 Å². The van der Waals surface area contributed by atoms with Crippen molar-refractivity contribution >= 4 is 45.2 Å². The van der Waals surface area contributed by atoms with Gasteiger partial charge in [-0.25, -0.2) is 18.1 Å². The van der Waals surface area contributed by atoms with Gasteiger partial charge in [0.05, 0.1) is 27.5 Å². The molecule has 0 radical (unpaired) electrons. The Bertz CT molecular complexity index is 1200. The molecule has 13 heteroatoms. The van der Waals surface area contributed by atoms with Crippen LogP contribution in [0.4, 0.5) is 19.0 Å². The van der Waals surface area contributed by atoms with E-state index in [0.29, 0.717) is 12.1 Å². The number of nitriles is 1. The maximum Gasteiger partial charge on any atom is 0.416 e. The van der Waals surface area contributed by atoms with Crippen LogP contribution >= 0.6 is 23.2 Å². The van der Waals surface area contributed by atoms with Gasteiger partial charge in [0.25, 0.3) is 0 Å². The molecule has 0 saturated heterocycles. The van der Waals surface area contributed by atoms with Crippen LogP contribution in [-0.2, 0) is 20.8 Å². The molecule has 0 atom stereocenters. The van der Waals surface area contributed by atoms with Gasteiger partial charge in [0.1, 0.15) is 16.5 Å². The van der Waals surface area contributed by atoms with Crippen molar-refractivity contribution in [3.8, 4) is 11.8 Å². The molecule has 7 nitrogen and oxygen atoms in total. The Morgan fingerprint density at radius 2 is 1.84 bits per heavy atom. The van der Waals surface area contributed by atoms with Crippen molar-refractivity contribution < 1.29 is 21.6 Å². The van der Waals surface area contributed by atoms with Crippen LogP contribution in [0.2, 0.25) is 10.0 Å². The number of halogens is 5. The summed E-state index contributed by atoms with van der Waals surface area (Å²) < 4.78 is 64.0. The number of benzene rings is 1. The molecule has 1 aromatic carbocycles. The summed E-state index contributed by atoms with van der Waals surface area (Å²) in [5.41, 5.74) is -1.36. The Morgan fingerprint density at radius 1 is 1.29 bits per heavy atom. The quantitative estimate of drug-likeness (QED) is 0.456. The molecule has 3 rings (SSSR count). The van der Waals surface area contributed by atoms with Gasteiger partial charge >= 0.3 is 6.18 Å². The van der Waals surface area contributed by atoms with Crippen molar-refractivity contribution in [2.75, 3.05) is 20.4 Å². The molecule has 2 aromatic rings. The molecule has 0 aliphatic heterocycles. The van der Waals surface area contributed by atoms with Crippen LogP contribution in [0.5, 0.6) is 0 Å². The van der Waals surface area contributed by atoms with Crippen LogP contribution in [0.15, 0.2) is 17.1 Å². The Hall–Kier alpha value is -2.29. The van der Waals surface area contributed by atoms with Gasteiger partial charge in [-0.1, -0.05) is 23.2 Å². The van der Waals surface area contributed by atoms with Gasteiger partial charge in [-0.3, -0.25) is 0 Å². The van der Waals surface area contributed by atoms with Gasteiger partial charge in [-0.15, -0.1) is 0 Å². The van der Waals surface area contributed by atoms with E-state index < -0.39 is 26.3 Å². The molecule has 1 aromatic heterocycles. The molecule has 0 unspecified atom stereocenters. The number of hydrogen-bond donors (Lipinski definition) is 0. The molecule has 0 spiro atoms. The number of rotatable bonds is 5. The highest BCUT2D eigenvalue weighted by Gasteiger charge is 2.57.